The highest BCUT2D eigenvalue weighted by atomic mass is 35.5. The molecule has 0 N–H and O–H groups in total. The maximum absolute atomic E-state index is 15.4. The Bertz CT molecular complexity index is 1660. The van der Waals surface area contributed by atoms with E-state index in [0.717, 1.165) is 0 Å². The Morgan fingerprint density at radius 3 is 2.56 bits per heavy atom. The molecule has 0 bridgehead atoms. The number of carbonyl (C=O) groups excluding carboxylic acids is 1. The number of halogens is 4. The lowest BCUT2D eigenvalue weighted by Crippen LogP contribution is -2.23. The SMILES string of the molecule is Cc1cnc(-c2cccc(C(=O)N(C)C)c2F)cc1-n1c(C)cc([C@H]2C[C@@H]2c2ccn(C(F)F)n2)c(Cl)c1=O. The second-order valence-corrected chi connectivity index (χ2v) is 10.2. The fraction of sp³-hybridized carbons (Fsp3) is 0.286. The van der Waals surface area contributed by atoms with Crippen LogP contribution in [0.15, 0.2) is 53.6 Å². The van der Waals surface area contributed by atoms with Crippen molar-refractivity contribution in [2.24, 2.45) is 0 Å². The average Bonchev–Trinajstić information content (AvgIpc) is 3.52. The van der Waals surface area contributed by atoms with Crippen molar-refractivity contribution in [3.63, 3.8) is 0 Å². The summed E-state index contributed by atoms with van der Waals surface area (Å²) in [7, 11) is 3.08. The summed E-state index contributed by atoms with van der Waals surface area (Å²) in [6.07, 6.45) is 3.41. The fourth-order valence-corrected chi connectivity index (χ4v) is 5.15. The van der Waals surface area contributed by atoms with Crippen molar-refractivity contribution in [1.82, 2.24) is 24.2 Å². The minimum Gasteiger partial charge on any atom is -0.345 e. The van der Waals surface area contributed by atoms with Crippen LogP contribution in [0.1, 0.15) is 57.7 Å². The van der Waals surface area contributed by atoms with Crippen LogP contribution in [0.25, 0.3) is 16.9 Å². The van der Waals surface area contributed by atoms with Gasteiger partial charge in [0.15, 0.2) is 0 Å². The summed E-state index contributed by atoms with van der Waals surface area (Å²) in [5, 5.41) is 3.98. The molecule has 0 spiro atoms. The molecule has 1 aromatic carbocycles. The zero-order valence-corrected chi connectivity index (χ0v) is 22.4. The minimum absolute atomic E-state index is 0.0314. The topological polar surface area (TPSA) is 73.0 Å². The lowest BCUT2D eigenvalue weighted by molar-refractivity contribution is 0.0561. The van der Waals surface area contributed by atoms with E-state index >= 15 is 4.39 Å². The van der Waals surface area contributed by atoms with Crippen molar-refractivity contribution in [2.45, 2.75) is 38.7 Å². The molecule has 39 heavy (non-hydrogen) atoms. The number of carbonyl (C=O) groups is 1. The van der Waals surface area contributed by atoms with Gasteiger partial charge in [-0.05, 0) is 67.6 Å². The first-order valence-corrected chi connectivity index (χ1v) is 12.6. The van der Waals surface area contributed by atoms with Gasteiger partial charge < -0.3 is 4.90 Å². The van der Waals surface area contributed by atoms with E-state index in [-0.39, 0.29) is 33.7 Å². The van der Waals surface area contributed by atoms with E-state index in [1.165, 1.54) is 34.0 Å². The van der Waals surface area contributed by atoms with E-state index in [2.05, 4.69) is 10.1 Å². The quantitative estimate of drug-likeness (QED) is 0.298. The average molecular weight is 556 g/mol. The number of nitrogens with zero attached hydrogens (tertiary/aromatic N) is 5. The molecule has 3 aromatic heterocycles. The summed E-state index contributed by atoms with van der Waals surface area (Å²) in [4.78, 5) is 31.6. The number of amides is 1. The first-order valence-electron chi connectivity index (χ1n) is 12.2. The Morgan fingerprint density at radius 1 is 1.15 bits per heavy atom. The molecule has 0 unspecified atom stereocenters. The predicted molar refractivity (Wildman–Crippen MR) is 141 cm³/mol. The Kier molecular flexibility index (Phi) is 6.84. The summed E-state index contributed by atoms with van der Waals surface area (Å²) in [5.41, 5.74) is 2.75. The molecule has 2 atom stereocenters. The highest BCUT2D eigenvalue weighted by Gasteiger charge is 2.43. The van der Waals surface area contributed by atoms with E-state index in [9.17, 15) is 18.4 Å². The zero-order chi connectivity index (χ0) is 28.2. The Hall–Kier alpha value is -3.92. The van der Waals surface area contributed by atoms with Crippen LogP contribution in [0.3, 0.4) is 0 Å². The number of rotatable bonds is 6. The zero-order valence-electron chi connectivity index (χ0n) is 21.6. The van der Waals surface area contributed by atoms with Crippen LogP contribution in [0.2, 0.25) is 5.02 Å². The number of aryl methyl sites for hydroxylation is 2. The summed E-state index contributed by atoms with van der Waals surface area (Å²) in [6.45, 7) is 0.822. The molecule has 1 amide bonds. The molecule has 3 heterocycles. The molecule has 5 rings (SSSR count). The third-order valence-corrected chi connectivity index (χ3v) is 7.37. The van der Waals surface area contributed by atoms with Crippen LogP contribution < -0.4 is 5.56 Å². The maximum Gasteiger partial charge on any atom is 0.333 e. The normalized spacial score (nSPS) is 16.5. The number of benzene rings is 1. The predicted octanol–water partition coefficient (Wildman–Crippen LogP) is 5.87. The molecule has 202 valence electrons. The van der Waals surface area contributed by atoms with E-state index in [0.29, 0.717) is 39.3 Å². The molecule has 1 saturated carbocycles. The Labute approximate surface area is 227 Å². The molecule has 7 nitrogen and oxygen atoms in total. The van der Waals surface area contributed by atoms with Crippen molar-refractivity contribution >= 4 is 17.5 Å². The number of aromatic nitrogens is 4. The number of hydrogen-bond acceptors (Lipinski definition) is 4. The lowest BCUT2D eigenvalue weighted by Gasteiger charge is -2.17. The van der Waals surface area contributed by atoms with Crippen molar-refractivity contribution in [3.05, 3.63) is 98.1 Å². The highest BCUT2D eigenvalue weighted by molar-refractivity contribution is 6.31. The summed E-state index contributed by atoms with van der Waals surface area (Å²) >= 11 is 6.59. The first-order chi connectivity index (χ1) is 18.5. The molecular formula is C28H25ClF3N5O2. The molecule has 0 aliphatic heterocycles. The maximum atomic E-state index is 15.4. The summed E-state index contributed by atoms with van der Waals surface area (Å²) in [6, 6.07) is 9.48. The van der Waals surface area contributed by atoms with E-state index < -0.39 is 23.8 Å². The first kappa shape index (κ1) is 26.7. The third-order valence-electron chi connectivity index (χ3n) is 6.99. The van der Waals surface area contributed by atoms with Crippen molar-refractivity contribution in [3.8, 4) is 16.9 Å². The summed E-state index contributed by atoms with van der Waals surface area (Å²) < 4.78 is 43.3. The third kappa shape index (κ3) is 4.73. The van der Waals surface area contributed by atoms with Gasteiger partial charge in [0, 0.05) is 43.7 Å². The van der Waals surface area contributed by atoms with Gasteiger partial charge in [0.25, 0.3) is 11.5 Å². The molecule has 1 fully saturated rings. The van der Waals surface area contributed by atoms with Gasteiger partial charge in [0.1, 0.15) is 10.8 Å². The van der Waals surface area contributed by atoms with Crippen LogP contribution in [-0.4, -0.2) is 44.2 Å². The smallest absolute Gasteiger partial charge is 0.333 e. The van der Waals surface area contributed by atoms with Crippen LogP contribution in [0.4, 0.5) is 13.2 Å². The van der Waals surface area contributed by atoms with Gasteiger partial charge in [0.2, 0.25) is 0 Å². The van der Waals surface area contributed by atoms with Gasteiger partial charge in [-0.2, -0.15) is 13.9 Å². The van der Waals surface area contributed by atoms with Gasteiger partial charge in [-0.25, -0.2) is 9.07 Å². The van der Waals surface area contributed by atoms with Crippen LogP contribution in [0, 0.1) is 19.7 Å². The molecule has 1 aliphatic carbocycles. The van der Waals surface area contributed by atoms with Gasteiger partial charge in [-0.3, -0.25) is 19.1 Å². The van der Waals surface area contributed by atoms with Crippen molar-refractivity contribution in [2.75, 3.05) is 14.1 Å². The van der Waals surface area contributed by atoms with Gasteiger partial charge in [-0.1, -0.05) is 17.7 Å². The lowest BCUT2D eigenvalue weighted by atomic mass is 10.0. The van der Waals surface area contributed by atoms with Crippen LogP contribution in [0.5, 0.6) is 0 Å². The molecule has 0 saturated heterocycles. The summed E-state index contributed by atoms with van der Waals surface area (Å²) in [5.74, 6) is -1.40. The largest absolute Gasteiger partial charge is 0.345 e. The van der Waals surface area contributed by atoms with Crippen molar-refractivity contribution < 1.29 is 18.0 Å². The number of alkyl halides is 2. The molecule has 0 radical (unpaired) electrons. The van der Waals surface area contributed by atoms with E-state index in [1.807, 2.05) is 6.07 Å². The monoisotopic (exact) mass is 555 g/mol. The fourth-order valence-electron chi connectivity index (χ4n) is 4.87. The van der Waals surface area contributed by atoms with Gasteiger partial charge >= 0.3 is 6.55 Å². The van der Waals surface area contributed by atoms with E-state index in [4.69, 9.17) is 11.6 Å². The highest BCUT2D eigenvalue weighted by Crippen LogP contribution is 2.55. The Morgan fingerprint density at radius 2 is 1.90 bits per heavy atom. The molecular weight excluding hydrogens is 531 g/mol. The van der Waals surface area contributed by atoms with Crippen molar-refractivity contribution in [1.29, 1.82) is 0 Å². The van der Waals surface area contributed by atoms with Gasteiger partial charge in [0.05, 0.1) is 22.6 Å². The number of pyridine rings is 2. The standard InChI is InChI=1S/C28H25ClF3N5O2/c1-14-13-33-22(16-6-5-7-17(25(16)30)26(38)35(3)4)12-23(14)37-15(2)10-20(24(29)27(37)39)18-11-19(18)21-8-9-36(34-21)28(31)32/h5-10,12-13,18-19,28H,11H2,1-4H3/t18-,19-/m0/s1. The van der Waals surface area contributed by atoms with Gasteiger partial charge in [-0.15, -0.1) is 0 Å². The van der Waals surface area contributed by atoms with Crippen LogP contribution in [-0.2, 0) is 0 Å². The Balaban J connectivity index is 1.53. The van der Waals surface area contributed by atoms with Crippen LogP contribution >= 0.6 is 11.6 Å². The minimum atomic E-state index is -2.72. The number of hydrogen-bond donors (Lipinski definition) is 0. The molecule has 1 aliphatic rings. The van der Waals surface area contributed by atoms with E-state index in [1.54, 1.807) is 46.1 Å². The second-order valence-electron chi connectivity index (χ2n) is 9.87. The molecule has 4 aromatic rings. The second kappa shape index (κ2) is 10.00. The molecule has 11 heteroatoms.